The smallest absolute Gasteiger partial charge is 0.128 e. The predicted octanol–water partition coefficient (Wildman–Crippen LogP) is 5.79. The maximum absolute atomic E-state index is 5.42. The van der Waals surface area contributed by atoms with Gasteiger partial charge in [0.25, 0.3) is 0 Å². The molecule has 0 saturated heterocycles. The zero-order chi connectivity index (χ0) is 14.9. The molecule has 0 radical (unpaired) electrons. The summed E-state index contributed by atoms with van der Waals surface area (Å²) in [5.41, 5.74) is 1.29. The van der Waals surface area contributed by atoms with E-state index in [1.807, 2.05) is 6.07 Å². The van der Waals surface area contributed by atoms with Gasteiger partial charge in [-0.05, 0) is 24.6 Å². The predicted molar refractivity (Wildman–Crippen MR) is 91.1 cm³/mol. The molecule has 2 rings (SSSR count). The molecule has 0 bridgehead atoms. The fourth-order valence-corrected chi connectivity index (χ4v) is 2.98. The van der Waals surface area contributed by atoms with Gasteiger partial charge in [-0.2, -0.15) is 0 Å². The van der Waals surface area contributed by atoms with E-state index in [1.54, 1.807) is 7.11 Å². The van der Waals surface area contributed by atoms with Gasteiger partial charge in [-0.3, -0.25) is 0 Å². The molecule has 1 heterocycles. The fourth-order valence-electron chi connectivity index (χ4n) is 2.98. The summed E-state index contributed by atoms with van der Waals surface area (Å²) in [6, 6.07) is 8.45. The van der Waals surface area contributed by atoms with Crippen LogP contribution in [-0.2, 0) is 6.54 Å². The Kier molecular flexibility index (Phi) is 6.65. The van der Waals surface area contributed by atoms with Gasteiger partial charge >= 0.3 is 0 Å². The van der Waals surface area contributed by atoms with Crippen LogP contribution in [0, 0.1) is 0 Å². The van der Waals surface area contributed by atoms with E-state index in [0.717, 1.165) is 12.3 Å². The first-order valence-corrected chi connectivity index (χ1v) is 8.48. The number of nitrogens with zero attached hydrogens (tertiary/aromatic N) is 1. The van der Waals surface area contributed by atoms with Crippen LogP contribution < -0.4 is 4.74 Å². The summed E-state index contributed by atoms with van der Waals surface area (Å²) in [5.74, 6) is 0.974. The summed E-state index contributed by atoms with van der Waals surface area (Å²) >= 11 is 0. The number of hydrogen-bond acceptors (Lipinski definition) is 1. The van der Waals surface area contributed by atoms with Crippen molar-refractivity contribution in [2.75, 3.05) is 7.11 Å². The van der Waals surface area contributed by atoms with Crippen molar-refractivity contribution in [2.45, 2.75) is 64.8 Å². The highest BCUT2D eigenvalue weighted by molar-refractivity contribution is 5.86. The molecule has 0 fully saturated rings. The highest BCUT2D eigenvalue weighted by Crippen LogP contribution is 2.26. The zero-order valence-electron chi connectivity index (χ0n) is 13.6. The molecule has 0 aliphatic rings. The molecule has 0 amide bonds. The number of fused-ring (bicyclic) bond motifs is 1. The number of benzene rings is 1. The van der Waals surface area contributed by atoms with Crippen molar-refractivity contribution in [2.24, 2.45) is 0 Å². The molecular weight excluding hydrogens is 258 g/mol. The van der Waals surface area contributed by atoms with E-state index in [0.29, 0.717) is 0 Å². The van der Waals surface area contributed by atoms with E-state index in [9.17, 15) is 0 Å². The Labute approximate surface area is 129 Å². The Morgan fingerprint density at radius 3 is 2.33 bits per heavy atom. The van der Waals surface area contributed by atoms with Crippen LogP contribution in [0.25, 0.3) is 10.9 Å². The average Bonchev–Trinajstić information content (AvgIpc) is 2.93. The lowest BCUT2D eigenvalue weighted by Crippen LogP contribution is -1.96. The molecule has 116 valence electrons. The van der Waals surface area contributed by atoms with E-state index >= 15 is 0 Å². The van der Waals surface area contributed by atoms with Crippen molar-refractivity contribution in [3.05, 3.63) is 30.5 Å². The number of ether oxygens (including phenoxy) is 1. The summed E-state index contributed by atoms with van der Waals surface area (Å²) < 4.78 is 7.77. The van der Waals surface area contributed by atoms with Crippen LogP contribution >= 0.6 is 0 Å². The van der Waals surface area contributed by atoms with Gasteiger partial charge in [0, 0.05) is 18.1 Å². The van der Waals surface area contributed by atoms with Crippen molar-refractivity contribution < 1.29 is 4.74 Å². The standard InChI is InChI=1S/C19H29NO/c1-3-4-5-6-7-8-9-10-15-20-16-14-17-18(20)12-11-13-19(17)21-2/h11-14,16H,3-10,15H2,1-2H3. The van der Waals surface area contributed by atoms with Crippen molar-refractivity contribution in [1.29, 1.82) is 0 Å². The van der Waals surface area contributed by atoms with Gasteiger partial charge in [-0.15, -0.1) is 0 Å². The van der Waals surface area contributed by atoms with E-state index in [2.05, 4.69) is 35.9 Å². The van der Waals surface area contributed by atoms with E-state index in [4.69, 9.17) is 4.74 Å². The minimum Gasteiger partial charge on any atom is -0.496 e. The second kappa shape index (κ2) is 8.76. The van der Waals surface area contributed by atoms with Gasteiger partial charge in [0.15, 0.2) is 0 Å². The van der Waals surface area contributed by atoms with Gasteiger partial charge in [0.1, 0.15) is 5.75 Å². The highest BCUT2D eigenvalue weighted by Gasteiger charge is 2.05. The summed E-state index contributed by atoms with van der Waals surface area (Å²) in [6.07, 6.45) is 13.2. The Balaban J connectivity index is 1.74. The first-order chi connectivity index (χ1) is 10.4. The van der Waals surface area contributed by atoms with Crippen LogP contribution in [0.4, 0.5) is 0 Å². The lowest BCUT2D eigenvalue weighted by Gasteiger charge is -2.07. The van der Waals surface area contributed by atoms with Gasteiger partial charge in [0.05, 0.1) is 12.6 Å². The molecule has 0 aliphatic heterocycles. The monoisotopic (exact) mass is 287 g/mol. The Morgan fingerprint density at radius 2 is 1.62 bits per heavy atom. The van der Waals surface area contributed by atoms with Crippen molar-refractivity contribution in [3.8, 4) is 5.75 Å². The van der Waals surface area contributed by atoms with Crippen molar-refractivity contribution in [1.82, 2.24) is 4.57 Å². The highest BCUT2D eigenvalue weighted by atomic mass is 16.5. The fraction of sp³-hybridized carbons (Fsp3) is 0.579. The molecule has 0 N–H and O–H groups in total. The molecule has 2 heteroatoms. The van der Waals surface area contributed by atoms with Gasteiger partial charge < -0.3 is 9.30 Å². The van der Waals surface area contributed by atoms with E-state index in [-0.39, 0.29) is 0 Å². The van der Waals surface area contributed by atoms with Crippen LogP contribution in [0.2, 0.25) is 0 Å². The second-order valence-corrected chi connectivity index (χ2v) is 5.88. The quantitative estimate of drug-likeness (QED) is 0.504. The third-order valence-electron chi connectivity index (χ3n) is 4.25. The Morgan fingerprint density at radius 1 is 0.905 bits per heavy atom. The Bertz CT molecular complexity index is 529. The third-order valence-corrected chi connectivity index (χ3v) is 4.25. The lowest BCUT2D eigenvalue weighted by atomic mass is 10.1. The maximum Gasteiger partial charge on any atom is 0.128 e. The summed E-state index contributed by atoms with van der Waals surface area (Å²) in [7, 11) is 1.74. The van der Waals surface area contributed by atoms with Crippen LogP contribution in [0.1, 0.15) is 58.3 Å². The van der Waals surface area contributed by atoms with E-state index < -0.39 is 0 Å². The summed E-state index contributed by atoms with van der Waals surface area (Å²) in [5, 5.41) is 1.22. The molecular formula is C19H29NO. The molecule has 0 spiro atoms. The number of hydrogen-bond donors (Lipinski definition) is 0. The van der Waals surface area contributed by atoms with Crippen molar-refractivity contribution in [3.63, 3.8) is 0 Å². The molecule has 21 heavy (non-hydrogen) atoms. The lowest BCUT2D eigenvalue weighted by molar-refractivity contribution is 0.420. The largest absolute Gasteiger partial charge is 0.496 e. The molecule has 0 aliphatic carbocycles. The maximum atomic E-state index is 5.42. The average molecular weight is 287 g/mol. The number of rotatable bonds is 10. The van der Waals surface area contributed by atoms with Crippen LogP contribution in [0.3, 0.4) is 0 Å². The first kappa shape index (κ1) is 15.9. The second-order valence-electron chi connectivity index (χ2n) is 5.88. The molecule has 2 nitrogen and oxygen atoms in total. The van der Waals surface area contributed by atoms with Crippen LogP contribution in [0.5, 0.6) is 5.75 Å². The van der Waals surface area contributed by atoms with Crippen LogP contribution in [-0.4, -0.2) is 11.7 Å². The number of unbranched alkanes of at least 4 members (excludes halogenated alkanes) is 7. The molecule has 1 aromatic heterocycles. The SMILES string of the molecule is CCCCCCCCCCn1ccc2c(OC)cccc21. The normalized spacial score (nSPS) is 11.1. The van der Waals surface area contributed by atoms with E-state index in [1.165, 1.54) is 62.3 Å². The van der Waals surface area contributed by atoms with Gasteiger partial charge in [-0.1, -0.05) is 57.9 Å². The molecule has 1 aromatic carbocycles. The minimum absolute atomic E-state index is 0.974. The summed E-state index contributed by atoms with van der Waals surface area (Å²) in [6.45, 7) is 3.39. The molecule has 0 atom stereocenters. The van der Waals surface area contributed by atoms with Crippen molar-refractivity contribution >= 4 is 10.9 Å². The minimum atomic E-state index is 0.974. The van der Waals surface area contributed by atoms with Gasteiger partial charge in [-0.25, -0.2) is 0 Å². The molecule has 0 saturated carbocycles. The number of methoxy groups -OCH3 is 1. The topological polar surface area (TPSA) is 14.2 Å². The van der Waals surface area contributed by atoms with Crippen LogP contribution in [0.15, 0.2) is 30.5 Å². The number of aromatic nitrogens is 1. The summed E-state index contributed by atoms with van der Waals surface area (Å²) in [4.78, 5) is 0. The molecule has 2 aromatic rings. The number of aryl methyl sites for hydroxylation is 1. The zero-order valence-corrected chi connectivity index (χ0v) is 13.6. The molecule has 0 unspecified atom stereocenters. The first-order valence-electron chi connectivity index (χ1n) is 8.48. The Hall–Kier alpha value is -1.44. The van der Waals surface area contributed by atoms with Gasteiger partial charge in [0.2, 0.25) is 0 Å². The third kappa shape index (κ3) is 4.52.